The highest BCUT2D eigenvalue weighted by Crippen LogP contribution is 2.26. The Balaban J connectivity index is 1.39. The van der Waals surface area contributed by atoms with E-state index in [0.717, 1.165) is 38.9 Å². The number of alkyl carbamates (subject to hydrolysis) is 1. The molecule has 3 atom stereocenters. The summed E-state index contributed by atoms with van der Waals surface area (Å²) in [6.07, 6.45) is 2.34. The van der Waals surface area contributed by atoms with Crippen LogP contribution in [0, 0.1) is 22.0 Å². The number of thioether (sulfide) groups is 1. The van der Waals surface area contributed by atoms with Crippen LogP contribution in [0.25, 0.3) is 10.8 Å². The van der Waals surface area contributed by atoms with Crippen molar-refractivity contribution in [2.45, 2.75) is 48.8 Å². The number of aliphatic hydroxyl groups is 1. The number of benzene rings is 5. The molecule has 0 saturated carbocycles. The Hall–Kier alpha value is -5.01. The first-order chi connectivity index (χ1) is 26.0. The quantitative estimate of drug-likeness (QED) is 0.0394. The molecule has 282 valence electrons. The summed E-state index contributed by atoms with van der Waals surface area (Å²) in [5, 5.41) is 28.2. The number of amides is 1. The van der Waals surface area contributed by atoms with Crippen molar-refractivity contribution >= 4 is 44.3 Å². The minimum Gasteiger partial charge on any atom is -0.445 e. The first kappa shape index (κ1) is 40.2. The van der Waals surface area contributed by atoms with Gasteiger partial charge in [0.25, 0.3) is 5.69 Å². The van der Waals surface area contributed by atoms with Crippen molar-refractivity contribution in [1.82, 2.24) is 9.62 Å². The average molecular weight is 768 g/mol. The lowest BCUT2D eigenvalue weighted by Crippen LogP contribution is -2.42. The van der Waals surface area contributed by atoms with Crippen molar-refractivity contribution in [2.75, 3.05) is 18.8 Å². The van der Waals surface area contributed by atoms with Gasteiger partial charge in [0.15, 0.2) is 0 Å². The molecule has 5 rings (SSSR count). The average Bonchev–Trinajstić information content (AvgIpc) is 3.17. The van der Waals surface area contributed by atoms with Crippen LogP contribution in [0.4, 0.5) is 10.5 Å². The van der Waals surface area contributed by atoms with Gasteiger partial charge < -0.3 is 15.2 Å². The van der Waals surface area contributed by atoms with Gasteiger partial charge >= 0.3 is 6.09 Å². The van der Waals surface area contributed by atoms with E-state index in [1.165, 1.54) is 16.4 Å². The van der Waals surface area contributed by atoms with Crippen LogP contribution >= 0.6 is 11.8 Å². The largest absolute Gasteiger partial charge is 0.445 e. The lowest BCUT2D eigenvalue weighted by molar-refractivity contribution is -0.384. The molecule has 54 heavy (non-hydrogen) atoms. The summed E-state index contributed by atoms with van der Waals surface area (Å²) in [7, 11) is -4.12. The summed E-state index contributed by atoms with van der Waals surface area (Å²) < 4.78 is 34.6. The Labute approximate surface area is 321 Å². The van der Waals surface area contributed by atoms with E-state index in [2.05, 4.69) is 29.6 Å². The summed E-state index contributed by atoms with van der Waals surface area (Å²) in [6, 6.07) is 37.5. The number of fused-ring (bicyclic) bond motifs is 1. The van der Waals surface area contributed by atoms with Gasteiger partial charge in [-0.1, -0.05) is 117 Å². The topological polar surface area (TPSA) is 139 Å². The molecular weight excluding hydrogens is 723 g/mol. The Morgan fingerprint density at radius 3 is 2.13 bits per heavy atom. The molecule has 5 aromatic carbocycles. The van der Waals surface area contributed by atoms with Crippen molar-refractivity contribution in [2.24, 2.45) is 11.8 Å². The molecule has 0 unspecified atom stereocenters. The number of hydrogen-bond acceptors (Lipinski definition) is 8. The van der Waals surface area contributed by atoms with Crippen molar-refractivity contribution < 1.29 is 28.0 Å². The molecule has 0 aliphatic carbocycles. The molecule has 0 spiro atoms. The fraction of sp³-hybridized carbons (Fsp3) is 0.262. The van der Waals surface area contributed by atoms with Crippen LogP contribution in [-0.4, -0.2) is 59.8 Å². The van der Waals surface area contributed by atoms with Gasteiger partial charge in [-0.05, 0) is 58.5 Å². The molecule has 0 heterocycles. The summed E-state index contributed by atoms with van der Waals surface area (Å²) in [5.74, 6) is -0.169. The van der Waals surface area contributed by atoms with E-state index in [0.29, 0.717) is 12.2 Å². The minimum atomic E-state index is -4.12. The first-order valence-corrected chi connectivity index (χ1v) is 20.1. The first-order valence-electron chi connectivity index (χ1n) is 17.7. The molecule has 0 bridgehead atoms. The van der Waals surface area contributed by atoms with Crippen LogP contribution in [0.3, 0.4) is 0 Å². The zero-order valence-corrected chi connectivity index (χ0v) is 31.9. The van der Waals surface area contributed by atoms with E-state index in [1.807, 2.05) is 105 Å². The Morgan fingerprint density at radius 2 is 1.48 bits per heavy atom. The minimum absolute atomic E-state index is 0.0734. The van der Waals surface area contributed by atoms with Gasteiger partial charge in [0, 0.05) is 41.8 Å². The summed E-state index contributed by atoms with van der Waals surface area (Å²) in [5.41, 5.74) is 1.58. The van der Waals surface area contributed by atoms with Crippen molar-refractivity contribution in [3.8, 4) is 0 Å². The molecule has 0 fully saturated rings. The molecule has 0 radical (unpaired) electrons. The van der Waals surface area contributed by atoms with Crippen LogP contribution in [0.5, 0.6) is 0 Å². The molecule has 0 saturated heterocycles. The maximum atomic E-state index is 13.9. The molecule has 10 nitrogen and oxygen atoms in total. The lowest BCUT2D eigenvalue weighted by atomic mass is 9.92. The highest BCUT2D eigenvalue weighted by Gasteiger charge is 2.30. The molecule has 0 aliphatic rings. The van der Waals surface area contributed by atoms with Gasteiger partial charge in [-0.15, -0.1) is 11.8 Å². The summed E-state index contributed by atoms with van der Waals surface area (Å²) in [6.45, 7) is 3.77. The van der Waals surface area contributed by atoms with Gasteiger partial charge in [0.2, 0.25) is 10.0 Å². The number of nitro groups is 1. The number of nitrogens with one attached hydrogen (secondary N) is 1. The maximum Gasteiger partial charge on any atom is 0.407 e. The fourth-order valence-corrected chi connectivity index (χ4v) is 8.47. The van der Waals surface area contributed by atoms with E-state index in [-0.39, 0.29) is 36.2 Å². The number of carbonyl (C=O) groups is 1. The van der Waals surface area contributed by atoms with E-state index >= 15 is 0 Å². The fourth-order valence-electron chi connectivity index (χ4n) is 5.91. The molecule has 5 aromatic rings. The number of ether oxygens (including phenoxy) is 1. The number of non-ortho nitro benzene ring substituents is 1. The number of rotatable bonds is 18. The Bertz CT molecular complexity index is 2110. The van der Waals surface area contributed by atoms with E-state index in [9.17, 15) is 28.4 Å². The second-order valence-electron chi connectivity index (χ2n) is 13.4. The van der Waals surface area contributed by atoms with Gasteiger partial charge in [-0.3, -0.25) is 10.1 Å². The molecule has 1 amide bonds. The van der Waals surface area contributed by atoms with Crippen molar-refractivity contribution in [3.05, 3.63) is 161 Å². The highest BCUT2D eigenvalue weighted by atomic mass is 32.2. The maximum absolute atomic E-state index is 13.9. The molecule has 2 N–H and O–H groups in total. The predicted octanol–water partition coefficient (Wildman–Crippen LogP) is 8.26. The van der Waals surface area contributed by atoms with Gasteiger partial charge in [0.1, 0.15) is 6.61 Å². The van der Waals surface area contributed by atoms with Crippen LogP contribution in [0.2, 0.25) is 0 Å². The van der Waals surface area contributed by atoms with E-state index in [1.54, 1.807) is 11.8 Å². The predicted molar refractivity (Wildman–Crippen MR) is 214 cm³/mol. The zero-order chi connectivity index (χ0) is 38.5. The van der Waals surface area contributed by atoms with Gasteiger partial charge in [0.05, 0.1) is 22.0 Å². The number of hydrogen-bond donors (Lipinski definition) is 2. The number of nitro benzene ring substituents is 1. The molecule has 12 heteroatoms. The monoisotopic (exact) mass is 767 g/mol. The van der Waals surface area contributed by atoms with E-state index in [4.69, 9.17) is 4.74 Å². The van der Waals surface area contributed by atoms with Crippen LogP contribution < -0.4 is 5.32 Å². The number of carbonyl (C=O) groups excluding carboxylic acids is 1. The number of nitrogens with zero attached hydrogens (tertiary/aromatic N) is 2. The summed E-state index contributed by atoms with van der Waals surface area (Å²) >= 11 is 1.57. The summed E-state index contributed by atoms with van der Waals surface area (Å²) in [4.78, 5) is 24.6. The van der Waals surface area contributed by atoms with E-state index < -0.39 is 39.1 Å². The molecular formula is C42H45N3O7S2. The Morgan fingerprint density at radius 1 is 0.852 bits per heavy atom. The van der Waals surface area contributed by atoms with Crippen LogP contribution in [0.1, 0.15) is 25.0 Å². The second-order valence-corrected chi connectivity index (χ2v) is 16.4. The third kappa shape index (κ3) is 11.7. The van der Waals surface area contributed by atoms with Crippen molar-refractivity contribution in [3.63, 3.8) is 0 Å². The smallest absolute Gasteiger partial charge is 0.407 e. The number of aliphatic hydroxyl groups excluding tert-OH is 1. The van der Waals surface area contributed by atoms with Gasteiger partial charge in [-0.25, -0.2) is 13.2 Å². The normalized spacial score (nSPS) is 13.6. The zero-order valence-electron chi connectivity index (χ0n) is 30.2. The Kier molecular flexibility index (Phi) is 14.4. The van der Waals surface area contributed by atoms with Crippen LogP contribution in [-0.2, 0) is 27.8 Å². The highest BCUT2D eigenvalue weighted by molar-refractivity contribution is 7.99. The molecule has 0 aromatic heterocycles. The SMILES string of the molecule is CC(C)CN(C[C@@H](O)[C@@H](/C=C/[C@@H](CSc1ccc2ccccc2c1)NC(=O)OCc1ccccc1)Cc1ccccc1)S(=O)(=O)c1ccc([N+](=O)[O-])cc1. The second kappa shape index (κ2) is 19.4. The molecule has 0 aliphatic heterocycles. The third-order valence-corrected chi connectivity index (χ3v) is 11.7. The van der Waals surface area contributed by atoms with Crippen LogP contribution in [0.15, 0.2) is 149 Å². The lowest BCUT2D eigenvalue weighted by Gasteiger charge is -2.29. The number of sulfonamides is 1. The van der Waals surface area contributed by atoms with Gasteiger partial charge in [-0.2, -0.15) is 4.31 Å². The van der Waals surface area contributed by atoms with Crippen molar-refractivity contribution in [1.29, 1.82) is 0 Å². The standard InChI is InChI=1S/C42H45N3O7S2/c1-31(2)27-44(54(50,51)40-23-20-38(21-24-40)45(48)49)28-41(46)36(25-32-11-5-3-6-12-32)17-19-37(43-42(47)52-29-33-13-7-4-8-14-33)30-53-39-22-18-34-15-9-10-16-35(34)26-39/h3-24,26,31,36-37,41,46H,25,27-30H2,1-2H3,(H,43,47)/b19-17+/t36-,37-,41+/m0/s1. The third-order valence-electron chi connectivity index (χ3n) is 8.71.